The van der Waals surface area contributed by atoms with Gasteiger partial charge in [-0.15, -0.1) is 0 Å². The van der Waals surface area contributed by atoms with Crippen LogP contribution in [0.1, 0.15) is 36.8 Å². The molecule has 2 rings (SSSR count). The quantitative estimate of drug-likeness (QED) is 0.885. The van der Waals surface area contributed by atoms with Gasteiger partial charge in [0, 0.05) is 5.69 Å². The molecule has 0 aliphatic heterocycles. The summed E-state index contributed by atoms with van der Waals surface area (Å²) in [5, 5.41) is 15.3. The summed E-state index contributed by atoms with van der Waals surface area (Å²) in [6.45, 7) is 4.23. The van der Waals surface area contributed by atoms with Crippen LogP contribution >= 0.6 is 0 Å². The van der Waals surface area contributed by atoms with E-state index in [1.165, 1.54) is 0 Å². The number of carbonyl (C=O) groups is 1. The Bertz CT molecular complexity index is 519. The van der Waals surface area contributed by atoms with E-state index in [0.29, 0.717) is 0 Å². The SMILES string of the molecule is Cc1cccc(C)c1NCC(=O)NC1(C#N)CCCC1. The summed E-state index contributed by atoms with van der Waals surface area (Å²) in [6, 6.07) is 8.30. The molecule has 0 spiro atoms. The molecule has 106 valence electrons. The number of amides is 1. The van der Waals surface area contributed by atoms with Gasteiger partial charge in [0.25, 0.3) is 0 Å². The van der Waals surface area contributed by atoms with Crippen LogP contribution in [0.3, 0.4) is 0 Å². The molecule has 4 heteroatoms. The smallest absolute Gasteiger partial charge is 0.240 e. The zero-order chi connectivity index (χ0) is 14.6. The minimum atomic E-state index is -0.639. The third-order valence-corrected chi connectivity index (χ3v) is 3.96. The minimum Gasteiger partial charge on any atom is -0.376 e. The van der Waals surface area contributed by atoms with Crippen molar-refractivity contribution in [3.63, 3.8) is 0 Å². The first-order chi connectivity index (χ1) is 9.56. The third kappa shape index (κ3) is 3.11. The highest BCUT2D eigenvalue weighted by atomic mass is 16.2. The molecule has 1 aromatic rings. The van der Waals surface area contributed by atoms with E-state index in [0.717, 1.165) is 42.5 Å². The molecule has 1 fully saturated rings. The van der Waals surface area contributed by atoms with Crippen molar-refractivity contribution in [1.29, 1.82) is 5.26 Å². The monoisotopic (exact) mass is 271 g/mol. The van der Waals surface area contributed by atoms with E-state index in [2.05, 4.69) is 16.7 Å². The molecule has 4 nitrogen and oxygen atoms in total. The molecule has 0 aromatic heterocycles. The van der Waals surface area contributed by atoms with Crippen LogP contribution in [0.4, 0.5) is 5.69 Å². The Balaban J connectivity index is 1.94. The van der Waals surface area contributed by atoms with E-state index in [-0.39, 0.29) is 12.5 Å². The van der Waals surface area contributed by atoms with Crippen LogP contribution < -0.4 is 10.6 Å². The average Bonchev–Trinajstić information content (AvgIpc) is 2.87. The largest absolute Gasteiger partial charge is 0.376 e. The fraction of sp³-hybridized carbons (Fsp3) is 0.500. The van der Waals surface area contributed by atoms with Crippen LogP contribution in [-0.2, 0) is 4.79 Å². The second-order valence-electron chi connectivity index (χ2n) is 5.57. The maximum Gasteiger partial charge on any atom is 0.240 e. The minimum absolute atomic E-state index is 0.115. The van der Waals surface area contributed by atoms with Gasteiger partial charge in [-0.05, 0) is 50.7 Å². The van der Waals surface area contributed by atoms with Crippen molar-refractivity contribution >= 4 is 11.6 Å². The van der Waals surface area contributed by atoms with E-state index in [4.69, 9.17) is 0 Å². The van der Waals surface area contributed by atoms with Gasteiger partial charge in [-0.25, -0.2) is 0 Å². The number of benzene rings is 1. The first-order valence-corrected chi connectivity index (χ1v) is 7.09. The van der Waals surface area contributed by atoms with Gasteiger partial charge >= 0.3 is 0 Å². The van der Waals surface area contributed by atoms with E-state index < -0.39 is 5.54 Å². The van der Waals surface area contributed by atoms with Crippen LogP contribution in [0.2, 0.25) is 0 Å². The zero-order valence-corrected chi connectivity index (χ0v) is 12.1. The molecule has 0 bridgehead atoms. The summed E-state index contributed by atoms with van der Waals surface area (Å²) in [5.74, 6) is -0.115. The lowest BCUT2D eigenvalue weighted by Gasteiger charge is -2.22. The van der Waals surface area contributed by atoms with Crippen LogP contribution in [0.25, 0.3) is 0 Å². The molecular formula is C16H21N3O. The van der Waals surface area contributed by atoms with Gasteiger partial charge in [-0.1, -0.05) is 18.2 Å². The maximum absolute atomic E-state index is 12.0. The molecule has 2 N–H and O–H groups in total. The molecule has 0 atom stereocenters. The molecule has 1 saturated carbocycles. The molecule has 1 aromatic carbocycles. The van der Waals surface area contributed by atoms with E-state index in [9.17, 15) is 10.1 Å². The zero-order valence-electron chi connectivity index (χ0n) is 12.1. The summed E-state index contributed by atoms with van der Waals surface area (Å²) in [6.07, 6.45) is 3.55. The van der Waals surface area contributed by atoms with Gasteiger partial charge in [0.2, 0.25) is 5.91 Å². The lowest BCUT2D eigenvalue weighted by molar-refractivity contribution is -0.120. The Labute approximate surface area is 120 Å². The second kappa shape index (κ2) is 5.96. The van der Waals surface area contributed by atoms with Gasteiger partial charge in [-0.2, -0.15) is 5.26 Å². The lowest BCUT2D eigenvalue weighted by atomic mass is 10.00. The van der Waals surface area contributed by atoms with Gasteiger partial charge in [-0.3, -0.25) is 4.79 Å². The van der Waals surface area contributed by atoms with Gasteiger partial charge in [0.1, 0.15) is 5.54 Å². The number of nitrogens with one attached hydrogen (secondary N) is 2. The Morgan fingerprint density at radius 3 is 2.45 bits per heavy atom. The van der Waals surface area contributed by atoms with Crippen LogP contribution in [-0.4, -0.2) is 18.0 Å². The van der Waals surface area contributed by atoms with Crippen LogP contribution in [0.5, 0.6) is 0 Å². The standard InChI is InChI=1S/C16H21N3O/c1-12-6-5-7-13(2)15(12)18-10-14(20)19-16(11-17)8-3-4-9-16/h5-7,18H,3-4,8-10H2,1-2H3,(H,19,20). The third-order valence-electron chi connectivity index (χ3n) is 3.96. The van der Waals surface area contributed by atoms with E-state index in [1.807, 2.05) is 32.0 Å². The molecule has 1 aliphatic rings. The molecule has 0 unspecified atom stereocenters. The summed E-state index contributed by atoms with van der Waals surface area (Å²) in [4.78, 5) is 12.0. The normalized spacial score (nSPS) is 16.4. The Morgan fingerprint density at radius 2 is 1.90 bits per heavy atom. The summed E-state index contributed by atoms with van der Waals surface area (Å²) in [5.41, 5.74) is 2.60. The number of nitrogens with zero attached hydrogens (tertiary/aromatic N) is 1. The van der Waals surface area contributed by atoms with Crippen LogP contribution in [0.15, 0.2) is 18.2 Å². The number of nitriles is 1. The highest BCUT2D eigenvalue weighted by Crippen LogP contribution is 2.28. The van der Waals surface area contributed by atoms with Crippen molar-refractivity contribution < 1.29 is 4.79 Å². The molecular weight excluding hydrogens is 250 g/mol. The first-order valence-electron chi connectivity index (χ1n) is 7.09. The van der Waals surface area contributed by atoms with Crippen molar-refractivity contribution in [2.75, 3.05) is 11.9 Å². The van der Waals surface area contributed by atoms with Gasteiger partial charge < -0.3 is 10.6 Å². The highest BCUT2D eigenvalue weighted by molar-refractivity contribution is 5.82. The predicted molar refractivity (Wildman–Crippen MR) is 79.4 cm³/mol. The molecule has 0 heterocycles. The number of anilines is 1. The number of hydrogen-bond donors (Lipinski definition) is 2. The molecule has 20 heavy (non-hydrogen) atoms. The lowest BCUT2D eigenvalue weighted by Crippen LogP contribution is -2.47. The van der Waals surface area contributed by atoms with Gasteiger partial charge in [0.15, 0.2) is 0 Å². The predicted octanol–water partition coefficient (Wildman–Crippen LogP) is 2.67. The number of hydrogen-bond acceptors (Lipinski definition) is 3. The number of aryl methyl sites for hydroxylation is 2. The second-order valence-corrected chi connectivity index (χ2v) is 5.57. The molecule has 1 amide bonds. The molecule has 1 aliphatic carbocycles. The van der Waals surface area contributed by atoms with Gasteiger partial charge in [0.05, 0.1) is 12.6 Å². The molecule has 0 saturated heterocycles. The topological polar surface area (TPSA) is 64.9 Å². The molecule has 0 radical (unpaired) electrons. The van der Waals surface area contributed by atoms with Crippen molar-refractivity contribution in [3.8, 4) is 6.07 Å². The summed E-state index contributed by atoms with van der Waals surface area (Å²) >= 11 is 0. The summed E-state index contributed by atoms with van der Waals surface area (Å²) < 4.78 is 0. The Hall–Kier alpha value is -2.02. The fourth-order valence-corrected chi connectivity index (χ4v) is 2.82. The number of carbonyl (C=O) groups excluding carboxylic acids is 1. The van der Waals surface area contributed by atoms with Crippen molar-refractivity contribution in [2.24, 2.45) is 0 Å². The Kier molecular flexibility index (Phi) is 4.29. The maximum atomic E-state index is 12.0. The fourth-order valence-electron chi connectivity index (χ4n) is 2.82. The number of rotatable bonds is 4. The van der Waals surface area contributed by atoms with Crippen molar-refractivity contribution in [1.82, 2.24) is 5.32 Å². The van der Waals surface area contributed by atoms with E-state index in [1.54, 1.807) is 0 Å². The van der Waals surface area contributed by atoms with E-state index >= 15 is 0 Å². The number of para-hydroxylation sites is 1. The van der Waals surface area contributed by atoms with Crippen molar-refractivity contribution in [2.45, 2.75) is 45.1 Å². The van der Waals surface area contributed by atoms with Crippen LogP contribution in [0, 0.1) is 25.2 Å². The highest BCUT2D eigenvalue weighted by Gasteiger charge is 2.35. The first kappa shape index (κ1) is 14.4. The summed E-state index contributed by atoms with van der Waals surface area (Å²) in [7, 11) is 0. The average molecular weight is 271 g/mol. The van der Waals surface area contributed by atoms with Crippen molar-refractivity contribution in [3.05, 3.63) is 29.3 Å². The Morgan fingerprint density at radius 1 is 1.30 bits per heavy atom.